The van der Waals surface area contributed by atoms with Crippen LogP contribution < -0.4 is 10.2 Å². The number of hydrogen-bond donors (Lipinski definition) is 1. The molecule has 1 fully saturated rings. The summed E-state index contributed by atoms with van der Waals surface area (Å²) in [6.07, 6.45) is 7.89. The fourth-order valence-corrected chi connectivity index (χ4v) is 4.34. The van der Waals surface area contributed by atoms with E-state index in [4.69, 9.17) is 14.2 Å². The van der Waals surface area contributed by atoms with Gasteiger partial charge in [-0.15, -0.1) is 0 Å². The van der Waals surface area contributed by atoms with E-state index < -0.39 is 11.9 Å². The molecule has 0 saturated carbocycles. The van der Waals surface area contributed by atoms with E-state index in [1.807, 2.05) is 54.6 Å². The molecule has 0 unspecified atom stereocenters. The quantitative estimate of drug-likeness (QED) is 0.427. The van der Waals surface area contributed by atoms with Crippen molar-refractivity contribution in [3.8, 4) is 0 Å². The number of allylic oxidation sites excluding steroid dienone is 2. The third kappa shape index (κ3) is 6.42. The molecule has 2 aromatic rings. The maximum Gasteiger partial charge on any atom is 0.410 e. The van der Waals surface area contributed by atoms with E-state index in [9.17, 15) is 14.4 Å². The molecule has 0 radical (unpaired) electrons. The number of carbonyl (C=O) groups is 3. The highest BCUT2D eigenvalue weighted by Gasteiger charge is 2.28. The summed E-state index contributed by atoms with van der Waals surface area (Å²) in [4.78, 5) is 40.7. The van der Waals surface area contributed by atoms with E-state index >= 15 is 0 Å². The summed E-state index contributed by atoms with van der Waals surface area (Å²) in [5, 5.41) is 3.52. The van der Waals surface area contributed by atoms with E-state index in [2.05, 4.69) is 5.32 Å². The molecular formula is C29H31N3O6. The molecule has 2 aliphatic heterocycles. The third-order valence-corrected chi connectivity index (χ3v) is 6.36. The molecule has 0 bridgehead atoms. The number of nitrogens with one attached hydrogen (secondary N) is 1. The van der Waals surface area contributed by atoms with Crippen LogP contribution in [0.5, 0.6) is 0 Å². The van der Waals surface area contributed by atoms with Gasteiger partial charge < -0.3 is 29.3 Å². The molecule has 1 saturated heterocycles. The van der Waals surface area contributed by atoms with Crippen LogP contribution in [0.3, 0.4) is 0 Å². The smallest absolute Gasteiger partial charge is 0.410 e. The van der Waals surface area contributed by atoms with Gasteiger partial charge in [0.15, 0.2) is 0 Å². The van der Waals surface area contributed by atoms with Crippen LogP contribution in [0.1, 0.15) is 18.4 Å². The summed E-state index contributed by atoms with van der Waals surface area (Å²) >= 11 is 0. The van der Waals surface area contributed by atoms with E-state index in [0.717, 1.165) is 24.1 Å². The number of piperidine rings is 1. The number of anilines is 2. The zero-order valence-electron chi connectivity index (χ0n) is 21.5. The standard InChI is InChI=1S/C29H31N3O6/c1-36-27(33)25-10-6-7-17-32(26(25)28(34)37-2)24-13-11-22(12-14-24)30-23-15-18-31(19-16-23)29(35)38-20-21-8-4-3-5-9-21/h3-14,17,23,30H,15-16,18-20H2,1-2H3. The van der Waals surface area contributed by atoms with Crippen molar-refractivity contribution in [1.82, 2.24) is 4.90 Å². The van der Waals surface area contributed by atoms with Crippen molar-refractivity contribution >= 4 is 29.4 Å². The Balaban J connectivity index is 1.36. The van der Waals surface area contributed by atoms with Gasteiger partial charge in [-0.25, -0.2) is 14.4 Å². The Kier molecular flexibility index (Phi) is 8.81. The number of hydrogen-bond acceptors (Lipinski definition) is 8. The van der Waals surface area contributed by atoms with Crippen LogP contribution in [0.15, 0.2) is 90.3 Å². The zero-order chi connectivity index (χ0) is 26.9. The first-order chi connectivity index (χ1) is 18.5. The van der Waals surface area contributed by atoms with Crippen molar-refractivity contribution in [2.45, 2.75) is 25.5 Å². The van der Waals surface area contributed by atoms with Gasteiger partial charge in [0.05, 0.1) is 19.8 Å². The molecule has 2 aliphatic rings. The first-order valence-corrected chi connectivity index (χ1v) is 12.4. The summed E-state index contributed by atoms with van der Waals surface area (Å²) in [5.41, 5.74) is 2.71. The Morgan fingerprint density at radius 1 is 0.895 bits per heavy atom. The molecule has 9 heteroatoms. The van der Waals surface area contributed by atoms with Crippen molar-refractivity contribution in [2.75, 3.05) is 37.5 Å². The van der Waals surface area contributed by atoms with Gasteiger partial charge in [-0.2, -0.15) is 0 Å². The summed E-state index contributed by atoms with van der Waals surface area (Å²) in [6, 6.07) is 17.4. The Bertz CT molecular complexity index is 1230. The van der Waals surface area contributed by atoms with Gasteiger partial charge in [-0.3, -0.25) is 0 Å². The van der Waals surface area contributed by atoms with Gasteiger partial charge >= 0.3 is 18.0 Å². The second-order valence-corrected chi connectivity index (χ2v) is 8.81. The second-order valence-electron chi connectivity index (χ2n) is 8.81. The Morgan fingerprint density at radius 2 is 1.58 bits per heavy atom. The van der Waals surface area contributed by atoms with Gasteiger partial charge in [-0.05, 0) is 54.8 Å². The van der Waals surface area contributed by atoms with E-state index in [1.54, 1.807) is 28.2 Å². The number of rotatable bonds is 7. The largest absolute Gasteiger partial charge is 0.465 e. The lowest BCUT2D eigenvalue weighted by Crippen LogP contribution is -2.42. The molecule has 1 N–H and O–H groups in total. The molecular weight excluding hydrogens is 486 g/mol. The second kappa shape index (κ2) is 12.6. The maximum absolute atomic E-state index is 12.6. The minimum absolute atomic E-state index is 0.0663. The van der Waals surface area contributed by atoms with Crippen LogP contribution in [-0.2, 0) is 30.4 Å². The highest BCUT2D eigenvalue weighted by Crippen LogP contribution is 2.28. The molecule has 4 rings (SSSR count). The van der Waals surface area contributed by atoms with Gasteiger partial charge in [0.25, 0.3) is 0 Å². The van der Waals surface area contributed by atoms with E-state index in [0.29, 0.717) is 18.8 Å². The van der Waals surface area contributed by atoms with Gasteiger partial charge in [-0.1, -0.05) is 36.4 Å². The Labute approximate surface area is 222 Å². The minimum Gasteiger partial charge on any atom is -0.465 e. The molecule has 1 amide bonds. The van der Waals surface area contributed by atoms with Crippen molar-refractivity contribution in [3.05, 3.63) is 95.9 Å². The summed E-state index contributed by atoms with van der Waals surface area (Å²) in [5.74, 6) is -1.29. The molecule has 0 spiro atoms. The van der Waals surface area contributed by atoms with E-state index in [-0.39, 0.29) is 30.0 Å². The number of benzene rings is 2. The summed E-state index contributed by atoms with van der Waals surface area (Å²) < 4.78 is 15.3. The molecule has 198 valence electrons. The highest BCUT2D eigenvalue weighted by molar-refractivity contribution is 6.05. The SMILES string of the molecule is COC(=O)C1=C(C(=O)OC)N(c2ccc(NC3CCN(C(=O)OCc4ccccc4)CC3)cc2)C=CC=C1. The average Bonchev–Trinajstić information content (AvgIpc) is 3.19. The topological polar surface area (TPSA) is 97.4 Å². The fraction of sp³-hybridized carbons (Fsp3) is 0.276. The molecule has 0 atom stereocenters. The monoisotopic (exact) mass is 517 g/mol. The fourth-order valence-electron chi connectivity index (χ4n) is 4.34. The van der Waals surface area contributed by atoms with Crippen molar-refractivity contribution < 1.29 is 28.6 Å². The number of likely N-dealkylation sites (tertiary alicyclic amines) is 1. The lowest BCUT2D eigenvalue weighted by Gasteiger charge is -2.32. The zero-order valence-corrected chi connectivity index (χ0v) is 21.5. The lowest BCUT2D eigenvalue weighted by molar-refractivity contribution is -0.139. The first kappa shape index (κ1) is 26.5. The summed E-state index contributed by atoms with van der Waals surface area (Å²) in [7, 11) is 2.53. The van der Waals surface area contributed by atoms with E-state index in [1.165, 1.54) is 20.3 Å². The molecule has 9 nitrogen and oxygen atoms in total. The minimum atomic E-state index is -0.655. The van der Waals surface area contributed by atoms with Crippen molar-refractivity contribution in [2.24, 2.45) is 0 Å². The normalized spacial score (nSPS) is 15.6. The molecule has 0 aliphatic carbocycles. The van der Waals surface area contributed by atoms with Gasteiger partial charge in [0, 0.05) is 36.7 Å². The van der Waals surface area contributed by atoms with Crippen LogP contribution >= 0.6 is 0 Å². The predicted octanol–water partition coefficient (Wildman–Crippen LogP) is 4.39. The Morgan fingerprint density at radius 3 is 2.24 bits per heavy atom. The number of methoxy groups -OCH3 is 2. The lowest BCUT2D eigenvalue weighted by atomic mass is 10.0. The van der Waals surface area contributed by atoms with Crippen LogP contribution in [0.2, 0.25) is 0 Å². The average molecular weight is 518 g/mol. The number of nitrogens with zero attached hydrogens (tertiary/aromatic N) is 2. The molecule has 0 aromatic heterocycles. The Hall–Kier alpha value is -4.53. The van der Waals surface area contributed by atoms with Crippen molar-refractivity contribution in [1.29, 1.82) is 0 Å². The third-order valence-electron chi connectivity index (χ3n) is 6.36. The molecule has 2 heterocycles. The number of ether oxygens (including phenoxy) is 3. The molecule has 38 heavy (non-hydrogen) atoms. The van der Waals surface area contributed by atoms with Crippen LogP contribution in [0.25, 0.3) is 0 Å². The van der Waals surface area contributed by atoms with Gasteiger partial charge in [0.2, 0.25) is 0 Å². The highest BCUT2D eigenvalue weighted by atomic mass is 16.6. The van der Waals surface area contributed by atoms with Crippen LogP contribution in [0.4, 0.5) is 16.2 Å². The summed E-state index contributed by atoms with van der Waals surface area (Å²) in [6.45, 7) is 1.48. The first-order valence-electron chi connectivity index (χ1n) is 12.4. The van der Waals surface area contributed by atoms with Crippen LogP contribution in [0, 0.1) is 0 Å². The predicted molar refractivity (Wildman–Crippen MR) is 143 cm³/mol. The number of amides is 1. The maximum atomic E-state index is 12.6. The van der Waals surface area contributed by atoms with Crippen LogP contribution in [-0.4, -0.2) is 56.3 Å². The number of esters is 2. The van der Waals surface area contributed by atoms with Crippen molar-refractivity contribution in [3.63, 3.8) is 0 Å². The number of carbonyl (C=O) groups excluding carboxylic acids is 3. The van der Waals surface area contributed by atoms with Gasteiger partial charge in [0.1, 0.15) is 12.3 Å². The molecule has 2 aromatic carbocycles.